The van der Waals surface area contributed by atoms with Crippen LogP contribution in [0.3, 0.4) is 0 Å². The third kappa shape index (κ3) is 90.1. The molecule has 0 aliphatic rings. The maximum Gasteiger partial charge on any atom is 0.0991 e. The van der Waals surface area contributed by atoms with Crippen molar-refractivity contribution in [2.45, 2.75) is 13.2 Å². The number of aliphatic hydroxyl groups is 1. The van der Waals surface area contributed by atoms with Gasteiger partial charge < -0.3 is 10.8 Å². The molecular formula is C2H7NOPd. The Morgan fingerprint density at radius 2 is 1.80 bits per heavy atom. The smallest absolute Gasteiger partial charge is 0.0991 e. The fourth-order valence-corrected chi connectivity index (χ4v) is 0. The first-order valence-corrected chi connectivity index (χ1v) is 1.17. The fourth-order valence-electron chi connectivity index (χ4n) is 0. The summed E-state index contributed by atoms with van der Waals surface area (Å²) in [6, 6.07) is 0. The van der Waals surface area contributed by atoms with Crippen LogP contribution in [0.5, 0.6) is 0 Å². The van der Waals surface area contributed by atoms with E-state index >= 15 is 0 Å². The normalized spacial score (nSPS) is 12.6. The van der Waals surface area contributed by atoms with Gasteiger partial charge in [-0.2, -0.15) is 0 Å². The maximum absolute atomic E-state index is 7.83. The molecule has 5 heavy (non-hydrogen) atoms. The van der Waals surface area contributed by atoms with Crippen molar-refractivity contribution in [3.8, 4) is 0 Å². The van der Waals surface area contributed by atoms with E-state index in [9.17, 15) is 0 Å². The van der Waals surface area contributed by atoms with Gasteiger partial charge in [0, 0.05) is 20.4 Å². The molecule has 1 unspecified atom stereocenters. The van der Waals surface area contributed by atoms with Gasteiger partial charge in [0.2, 0.25) is 0 Å². The molecule has 0 radical (unpaired) electrons. The molecule has 0 aromatic heterocycles. The molecule has 3 heteroatoms. The van der Waals surface area contributed by atoms with Gasteiger partial charge in [-0.05, 0) is 6.92 Å². The molecule has 0 saturated carbocycles. The molecule has 0 bridgehead atoms. The molecule has 0 fully saturated rings. The van der Waals surface area contributed by atoms with Crippen LogP contribution < -0.4 is 5.73 Å². The molecule has 0 rings (SSSR count). The Hall–Kier alpha value is 0.582. The topological polar surface area (TPSA) is 46.2 Å². The number of hydrogen-bond donors (Lipinski definition) is 2. The van der Waals surface area contributed by atoms with Crippen molar-refractivity contribution >= 4 is 0 Å². The van der Waals surface area contributed by atoms with Gasteiger partial charge in [0.25, 0.3) is 0 Å². The predicted molar refractivity (Wildman–Crippen MR) is 15.9 cm³/mol. The van der Waals surface area contributed by atoms with Crippen molar-refractivity contribution in [1.29, 1.82) is 0 Å². The predicted octanol–water partition coefficient (Wildman–Crippen LogP) is -0.719. The molecule has 0 aliphatic heterocycles. The Bertz CT molecular complexity index is 14.4. The minimum atomic E-state index is -0.667. The van der Waals surface area contributed by atoms with Crippen LogP contribution >= 0.6 is 0 Å². The zero-order valence-electron chi connectivity index (χ0n) is 2.92. The fraction of sp³-hybridized carbons (Fsp3) is 1.00. The van der Waals surface area contributed by atoms with Gasteiger partial charge in [-0.25, -0.2) is 0 Å². The first-order chi connectivity index (χ1) is 1.73. The standard InChI is InChI=1S/C2H7NO.Pd/c1-2(3)4;/h2,4H,3H2,1H3;. The Balaban J connectivity index is 0. The van der Waals surface area contributed by atoms with E-state index in [1.54, 1.807) is 0 Å². The number of hydrogen-bond acceptors (Lipinski definition) is 2. The van der Waals surface area contributed by atoms with Gasteiger partial charge in [0.1, 0.15) is 0 Å². The molecule has 0 aromatic rings. The molecule has 0 amide bonds. The molecule has 0 spiro atoms. The van der Waals surface area contributed by atoms with Gasteiger partial charge in [0.05, 0.1) is 6.23 Å². The largest absolute Gasteiger partial charge is 0.379 e. The average molecular weight is 168 g/mol. The summed E-state index contributed by atoms with van der Waals surface area (Å²) in [7, 11) is 0. The molecule has 1 atom stereocenters. The van der Waals surface area contributed by atoms with Crippen LogP contribution in [0.4, 0.5) is 0 Å². The summed E-state index contributed by atoms with van der Waals surface area (Å²) in [5.74, 6) is 0. The van der Waals surface area contributed by atoms with Crippen molar-refractivity contribution in [2.75, 3.05) is 0 Å². The van der Waals surface area contributed by atoms with Crippen LogP contribution in [0.25, 0.3) is 0 Å². The molecular weight excluding hydrogens is 160 g/mol. The number of rotatable bonds is 0. The Morgan fingerprint density at radius 3 is 1.80 bits per heavy atom. The van der Waals surface area contributed by atoms with Gasteiger partial charge in [-0.3, -0.25) is 0 Å². The van der Waals surface area contributed by atoms with Gasteiger partial charge in [-0.15, -0.1) is 0 Å². The summed E-state index contributed by atoms with van der Waals surface area (Å²) in [6.45, 7) is 1.50. The van der Waals surface area contributed by atoms with Crippen molar-refractivity contribution in [1.82, 2.24) is 0 Å². The van der Waals surface area contributed by atoms with Crippen LogP contribution in [-0.4, -0.2) is 11.3 Å². The van der Waals surface area contributed by atoms with Gasteiger partial charge >= 0.3 is 0 Å². The van der Waals surface area contributed by atoms with E-state index in [0.29, 0.717) is 0 Å². The Morgan fingerprint density at radius 1 is 1.80 bits per heavy atom. The summed E-state index contributed by atoms with van der Waals surface area (Å²) in [5, 5.41) is 7.83. The summed E-state index contributed by atoms with van der Waals surface area (Å²) in [5.41, 5.74) is 4.67. The van der Waals surface area contributed by atoms with E-state index in [2.05, 4.69) is 5.73 Å². The van der Waals surface area contributed by atoms with E-state index in [1.807, 2.05) is 0 Å². The van der Waals surface area contributed by atoms with E-state index in [1.165, 1.54) is 6.92 Å². The van der Waals surface area contributed by atoms with Crippen LogP contribution in [0.2, 0.25) is 0 Å². The quantitative estimate of drug-likeness (QED) is 0.370. The first kappa shape index (κ1) is 9.13. The van der Waals surface area contributed by atoms with Crippen molar-refractivity contribution in [2.24, 2.45) is 5.73 Å². The van der Waals surface area contributed by atoms with Crippen LogP contribution in [0.1, 0.15) is 6.92 Å². The first-order valence-electron chi connectivity index (χ1n) is 1.17. The SMILES string of the molecule is CC(N)O.[Pd]. The van der Waals surface area contributed by atoms with Gasteiger partial charge in [0.15, 0.2) is 0 Å². The molecule has 0 heterocycles. The third-order valence-electron chi connectivity index (χ3n) is 0. The molecule has 2 nitrogen and oxygen atoms in total. The monoisotopic (exact) mass is 167 g/mol. The van der Waals surface area contributed by atoms with Crippen molar-refractivity contribution < 1.29 is 25.5 Å². The molecule has 0 saturated heterocycles. The van der Waals surface area contributed by atoms with E-state index in [0.717, 1.165) is 0 Å². The third-order valence-corrected chi connectivity index (χ3v) is 0. The minimum Gasteiger partial charge on any atom is -0.379 e. The summed E-state index contributed by atoms with van der Waals surface area (Å²) >= 11 is 0. The molecule has 36 valence electrons. The maximum atomic E-state index is 7.83. The summed E-state index contributed by atoms with van der Waals surface area (Å²) < 4.78 is 0. The molecule has 3 N–H and O–H groups in total. The zero-order chi connectivity index (χ0) is 3.58. The van der Waals surface area contributed by atoms with Crippen molar-refractivity contribution in [3.63, 3.8) is 0 Å². The molecule has 0 aromatic carbocycles. The second-order valence-corrected chi connectivity index (χ2v) is 0.741. The molecule has 0 aliphatic carbocycles. The summed E-state index contributed by atoms with van der Waals surface area (Å²) in [4.78, 5) is 0. The number of nitrogens with two attached hydrogens (primary N) is 1. The average Bonchev–Trinajstić information content (AvgIpc) is 0.811. The van der Waals surface area contributed by atoms with Crippen LogP contribution in [-0.2, 0) is 20.4 Å². The van der Waals surface area contributed by atoms with Gasteiger partial charge in [-0.1, -0.05) is 0 Å². The van der Waals surface area contributed by atoms with E-state index < -0.39 is 6.23 Å². The number of aliphatic hydroxyl groups excluding tert-OH is 1. The van der Waals surface area contributed by atoms with Crippen LogP contribution in [0.15, 0.2) is 0 Å². The Labute approximate surface area is 45.0 Å². The van der Waals surface area contributed by atoms with Crippen molar-refractivity contribution in [3.05, 3.63) is 0 Å². The van der Waals surface area contributed by atoms with Crippen LogP contribution in [0, 0.1) is 0 Å². The Kier molecular flexibility index (Phi) is 8.37. The van der Waals surface area contributed by atoms with E-state index in [-0.39, 0.29) is 20.4 Å². The second-order valence-electron chi connectivity index (χ2n) is 0.741. The van der Waals surface area contributed by atoms with E-state index in [4.69, 9.17) is 5.11 Å². The summed E-state index contributed by atoms with van der Waals surface area (Å²) in [6.07, 6.45) is -0.667. The second kappa shape index (κ2) is 4.58. The zero-order valence-corrected chi connectivity index (χ0v) is 4.47. The minimum absolute atomic E-state index is 0.